The van der Waals surface area contributed by atoms with Crippen molar-refractivity contribution in [3.8, 4) is 22.3 Å². The van der Waals surface area contributed by atoms with Crippen LogP contribution in [0.1, 0.15) is 55.6 Å². The van der Waals surface area contributed by atoms with Gasteiger partial charge in [0.2, 0.25) is 0 Å². The number of nitrogens with zero attached hydrogens (tertiary/aromatic N) is 1. The summed E-state index contributed by atoms with van der Waals surface area (Å²) in [5, 5.41) is 3.70. The molecule has 0 radical (unpaired) electrons. The van der Waals surface area contributed by atoms with E-state index in [1.807, 2.05) is 0 Å². The van der Waals surface area contributed by atoms with Crippen molar-refractivity contribution >= 4 is 50.5 Å². The molecule has 6 aromatic carbocycles. The Hall–Kier alpha value is -5.86. The highest BCUT2D eigenvalue weighted by atomic mass is 16.3. The van der Waals surface area contributed by atoms with Crippen LogP contribution in [0.15, 0.2) is 156 Å². The third kappa shape index (κ3) is 4.70. The molecule has 0 atom stereocenters. The number of allylic oxidation sites excluding steroid dienone is 5. The van der Waals surface area contributed by atoms with Crippen molar-refractivity contribution in [2.45, 2.75) is 44.9 Å². The first-order valence-electron chi connectivity index (χ1n) is 18.3. The average Bonchev–Trinajstić information content (AvgIpc) is 3.68. The number of hydrogen-bond acceptors (Lipinski definition) is 2. The molecule has 10 rings (SSSR count). The van der Waals surface area contributed by atoms with Gasteiger partial charge in [-0.2, -0.15) is 0 Å². The van der Waals surface area contributed by atoms with Crippen molar-refractivity contribution in [1.29, 1.82) is 0 Å². The van der Waals surface area contributed by atoms with E-state index in [4.69, 9.17) is 4.42 Å². The fourth-order valence-electron chi connectivity index (χ4n) is 8.88. The molecular weight excluding hydrogens is 619 g/mol. The standard InChI is InChI=1S/C49H39NO/c1-49(2)42-20-10-8-18-39(42)47-43(49)31-41(46-40-19-9-11-22-45(40)51-48(46)47)35-25-29-37(30-26-35)50(44-21-12-16-34-15-6-7-17-38(34)44)36-27-23-33(24-28-36)32-13-4-3-5-14-32/h3-9,12-19,21,23-31H,10-11,20,22H2,1-2H3. The number of aryl methyl sites for hydroxylation is 1. The van der Waals surface area contributed by atoms with Gasteiger partial charge in [-0.1, -0.05) is 135 Å². The Morgan fingerprint density at radius 3 is 2.10 bits per heavy atom. The van der Waals surface area contributed by atoms with Gasteiger partial charge in [-0.25, -0.2) is 0 Å². The summed E-state index contributed by atoms with van der Waals surface area (Å²) in [7, 11) is 0. The predicted octanol–water partition coefficient (Wildman–Crippen LogP) is 13.7. The Morgan fingerprint density at radius 1 is 0.627 bits per heavy atom. The summed E-state index contributed by atoms with van der Waals surface area (Å²) >= 11 is 0. The first-order valence-corrected chi connectivity index (χ1v) is 18.3. The molecule has 0 bridgehead atoms. The summed E-state index contributed by atoms with van der Waals surface area (Å²) < 4.78 is 6.87. The molecule has 2 nitrogen and oxygen atoms in total. The van der Waals surface area contributed by atoms with Crippen LogP contribution in [0.3, 0.4) is 0 Å². The van der Waals surface area contributed by atoms with Gasteiger partial charge in [0.25, 0.3) is 0 Å². The predicted molar refractivity (Wildman–Crippen MR) is 215 cm³/mol. The molecule has 0 amide bonds. The van der Waals surface area contributed by atoms with Crippen molar-refractivity contribution in [2.75, 3.05) is 4.90 Å². The lowest BCUT2D eigenvalue weighted by Crippen LogP contribution is -2.17. The van der Waals surface area contributed by atoms with Crippen LogP contribution in [0.5, 0.6) is 0 Å². The maximum atomic E-state index is 6.87. The lowest BCUT2D eigenvalue weighted by atomic mass is 9.77. The lowest BCUT2D eigenvalue weighted by molar-refractivity contribution is 0.544. The van der Waals surface area contributed by atoms with E-state index in [0.717, 1.165) is 54.1 Å². The molecule has 1 heterocycles. The van der Waals surface area contributed by atoms with Crippen molar-refractivity contribution < 1.29 is 4.42 Å². The summed E-state index contributed by atoms with van der Waals surface area (Å²) in [5.74, 6) is 1.12. The molecule has 2 heteroatoms. The molecule has 0 spiro atoms. The minimum atomic E-state index is -0.0431. The van der Waals surface area contributed by atoms with Gasteiger partial charge < -0.3 is 9.32 Å². The second kappa shape index (κ2) is 11.6. The summed E-state index contributed by atoms with van der Waals surface area (Å²) in [5.41, 5.74) is 16.2. The van der Waals surface area contributed by atoms with Crippen LogP contribution in [0.4, 0.5) is 17.1 Å². The summed E-state index contributed by atoms with van der Waals surface area (Å²) in [6.45, 7) is 4.81. The molecule has 0 N–H and O–H groups in total. The zero-order valence-electron chi connectivity index (χ0n) is 29.1. The van der Waals surface area contributed by atoms with Crippen LogP contribution in [-0.2, 0) is 11.8 Å². The van der Waals surface area contributed by atoms with Gasteiger partial charge in [0, 0.05) is 45.1 Å². The number of fused-ring (bicyclic) bond motifs is 7. The molecule has 7 aromatic rings. The molecule has 1 aromatic heterocycles. The highest BCUT2D eigenvalue weighted by Crippen LogP contribution is 2.55. The molecule has 3 aliphatic rings. The van der Waals surface area contributed by atoms with E-state index in [0.29, 0.717) is 0 Å². The van der Waals surface area contributed by atoms with E-state index in [2.05, 4.69) is 170 Å². The molecule has 3 aliphatic carbocycles. The maximum Gasteiger partial charge on any atom is 0.143 e. The van der Waals surface area contributed by atoms with Crippen LogP contribution in [0.2, 0.25) is 0 Å². The van der Waals surface area contributed by atoms with E-state index in [1.54, 1.807) is 5.57 Å². The van der Waals surface area contributed by atoms with E-state index >= 15 is 0 Å². The van der Waals surface area contributed by atoms with Crippen LogP contribution in [0.25, 0.3) is 55.6 Å². The number of furan rings is 1. The molecule has 0 aliphatic heterocycles. The minimum absolute atomic E-state index is 0.0431. The lowest BCUT2D eigenvalue weighted by Gasteiger charge is -2.27. The molecule has 246 valence electrons. The summed E-state index contributed by atoms with van der Waals surface area (Å²) in [6.07, 6.45) is 13.5. The van der Waals surface area contributed by atoms with E-state index in [9.17, 15) is 0 Å². The van der Waals surface area contributed by atoms with Gasteiger partial charge in [-0.05, 0) is 94.4 Å². The minimum Gasteiger partial charge on any atom is -0.460 e. The van der Waals surface area contributed by atoms with Gasteiger partial charge in [-0.15, -0.1) is 0 Å². The molecule has 0 saturated carbocycles. The zero-order valence-corrected chi connectivity index (χ0v) is 29.1. The Morgan fingerprint density at radius 2 is 1.29 bits per heavy atom. The van der Waals surface area contributed by atoms with E-state index in [1.165, 1.54) is 60.7 Å². The Bertz CT molecular complexity index is 2570. The summed E-state index contributed by atoms with van der Waals surface area (Å²) in [4.78, 5) is 2.40. The first kappa shape index (κ1) is 30.0. The normalized spacial score (nSPS) is 15.6. The maximum absolute atomic E-state index is 6.87. The van der Waals surface area contributed by atoms with Crippen molar-refractivity contribution in [3.05, 3.63) is 174 Å². The monoisotopic (exact) mass is 657 g/mol. The van der Waals surface area contributed by atoms with Crippen molar-refractivity contribution in [2.24, 2.45) is 0 Å². The average molecular weight is 658 g/mol. The number of benzene rings is 6. The topological polar surface area (TPSA) is 16.4 Å². The van der Waals surface area contributed by atoms with Crippen LogP contribution in [0, 0.1) is 0 Å². The molecule has 0 unspecified atom stereocenters. The van der Waals surface area contributed by atoms with Gasteiger partial charge in [-0.3, -0.25) is 0 Å². The molecule has 0 fully saturated rings. The fourth-order valence-corrected chi connectivity index (χ4v) is 8.88. The third-order valence-electron chi connectivity index (χ3n) is 11.4. The second-order valence-electron chi connectivity index (χ2n) is 14.7. The van der Waals surface area contributed by atoms with E-state index < -0.39 is 0 Å². The third-order valence-corrected chi connectivity index (χ3v) is 11.4. The largest absolute Gasteiger partial charge is 0.460 e. The van der Waals surface area contributed by atoms with Gasteiger partial charge in [0.1, 0.15) is 11.3 Å². The SMILES string of the molecule is CC1(C)C2=C(C=CCC2)c2c1cc(-c1ccc(N(c3ccc(-c4ccccc4)cc3)c3cccc4ccccc34)cc1)c1c3c(oc21)CCC=C3. The van der Waals surface area contributed by atoms with Crippen molar-refractivity contribution in [3.63, 3.8) is 0 Å². The molecule has 51 heavy (non-hydrogen) atoms. The number of anilines is 3. The highest BCUT2D eigenvalue weighted by molar-refractivity contribution is 6.09. The fraction of sp³-hybridized carbons (Fsp3) is 0.143. The van der Waals surface area contributed by atoms with Crippen molar-refractivity contribution in [1.82, 2.24) is 0 Å². The number of hydrogen-bond donors (Lipinski definition) is 0. The number of rotatable bonds is 5. The Kier molecular flexibility index (Phi) is 6.83. The van der Waals surface area contributed by atoms with Crippen LogP contribution >= 0.6 is 0 Å². The van der Waals surface area contributed by atoms with Crippen LogP contribution in [-0.4, -0.2) is 0 Å². The second-order valence-corrected chi connectivity index (χ2v) is 14.7. The van der Waals surface area contributed by atoms with Gasteiger partial charge >= 0.3 is 0 Å². The zero-order chi connectivity index (χ0) is 34.1. The van der Waals surface area contributed by atoms with Crippen LogP contribution < -0.4 is 4.90 Å². The highest BCUT2D eigenvalue weighted by Gasteiger charge is 2.40. The molecule has 0 saturated heterocycles. The smallest absolute Gasteiger partial charge is 0.143 e. The molecular formula is C49H39NO. The first-order chi connectivity index (χ1) is 25.1. The van der Waals surface area contributed by atoms with Gasteiger partial charge in [0.15, 0.2) is 0 Å². The summed E-state index contributed by atoms with van der Waals surface area (Å²) in [6, 6.07) is 46.5. The van der Waals surface area contributed by atoms with E-state index in [-0.39, 0.29) is 5.41 Å². The Balaban J connectivity index is 1.13. The van der Waals surface area contributed by atoms with Gasteiger partial charge in [0.05, 0.1) is 5.69 Å². The quantitative estimate of drug-likeness (QED) is 0.183. The Labute approximate surface area is 299 Å².